The molecule has 1 N–H and O–H groups in total. The Bertz CT molecular complexity index is 1390. The maximum atomic E-state index is 14.7. The molecule has 0 aliphatic carbocycles. The number of benzene rings is 2. The van der Waals surface area contributed by atoms with Crippen LogP contribution in [0.5, 0.6) is 0 Å². The van der Waals surface area contributed by atoms with Gasteiger partial charge in [-0.05, 0) is 36.2 Å². The summed E-state index contributed by atoms with van der Waals surface area (Å²) in [5.74, 6) is -3.58. The van der Waals surface area contributed by atoms with E-state index in [4.69, 9.17) is 4.84 Å². The molecule has 7 nitrogen and oxygen atoms in total. The third-order valence-corrected chi connectivity index (χ3v) is 5.11. The number of oxime groups is 1. The third-order valence-electron chi connectivity index (χ3n) is 5.11. The second kappa shape index (κ2) is 10.2. The molecule has 0 fully saturated rings. The van der Waals surface area contributed by atoms with Crippen molar-refractivity contribution in [1.29, 1.82) is 0 Å². The van der Waals surface area contributed by atoms with Crippen molar-refractivity contribution >= 4 is 17.8 Å². The predicted octanol–water partition coefficient (Wildman–Crippen LogP) is 5.01. The zero-order valence-corrected chi connectivity index (χ0v) is 18.8. The van der Waals surface area contributed by atoms with E-state index in [-0.39, 0.29) is 29.1 Å². The van der Waals surface area contributed by atoms with Gasteiger partial charge in [0.05, 0.1) is 23.3 Å². The fourth-order valence-corrected chi connectivity index (χ4v) is 3.43. The Balaban J connectivity index is 1.54. The van der Waals surface area contributed by atoms with E-state index in [9.17, 15) is 18.0 Å². The average molecular weight is 479 g/mol. The Morgan fingerprint density at radius 3 is 2.57 bits per heavy atom. The minimum Gasteiger partial charge on any atom is -0.389 e. The van der Waals surface area contributed by atoms with Crippen molar-refractivity contribution in [2.75, 3.05) is 5.32 Å². The zero-order chi connectivity index (χ0) is 24.9. The molecule has 0 bridgehead atoms. The van der Waals surface area contributed by atoms with Gasteiger partial charge in [0.1, 0.15) is 17.2 Å². The number of aromatic nitrogens is 3. The van der Waals surface area contributed by atoms with E-state index in [0.29, 0.717) is 17.2 Å². The summed E-state index contributed by atoms with van der Waals surface area (Å²) in [5.41, 5.74) is 1.45. The van der Waals surface area contributed by atoms with Crippen molar-refractivity contribution in [2.24, 2.45) is 12.2 Å². The van der Waals surface area contributed by atoms with Crippen LogP contribution in [-0.4, -0.2) is 26.9 Å². The number of rotatable bonds is 7. The Hall–Kier alpha value is -4.47. The Labute approximate surface area is 198 Å². The van der Waals surface area contributed by atoms with Crippen LogP contribution in [0, 0.1) is 24.5 Å². The van der Waals surface area contributed by atoms with E-state index in [2.05, 4.69) is 20.6 Å². The van der Waals surface area contributed by atoms with Gasteiger partial charge in [0, 0.05) is 24.9 Å². The van der Waals surface area contributed by atoms with Gasteiger partial charge >= 0.3 is 0 Å². The summed E-state index contributed by atoms with van der Waals surface area (Å²) in [7, 11) is 1.34. The molecule has 0 radical (unpaired) electrons. The maximum absolute atomic E-state index is 14.7. The molecule has 0 unspecified atom stereocenters. The fourth-order valence-electron chi connectivity index (χ4n) is 3.43. The Kier molecular flexibility index (Phi) is 6.91. The molecule has 0 atom stereocenters. The van der Waals surface area contributed by atoms with Crippen molar-refractivity contribution in [2.45, 2.75) is 13.5 Å². The summed E-state index contributed by atoms with van der Waals surface area (Å²) in [5, 5.41) is 10.1. The van der Waals surface area contributed by atoms with Gasteiger partial charge in [-0.1, -0.05) is 35.5 Å². The Morgan fingerprint density at radius 2 is 1.91 bits per heavy atom. The lowest BCUT2D eigenvalue weighted by atomic mass is 10.0. The molecule has 0 saturated carbocycles. The molecule has 2 heterocycles. The van der Waals surface area contributed by atoms with E-state index >= 15 is 0 Å². The van der Waals surface area contributed by atoms with Crippen LogP contribution in [0.25, 0.3) is 11.1 Å². The van der Waals surface area contributed by atoms with Gasteiger partial charge in [-0.2, -0.15) is 9.49 Å². The second-order valence-electron chi connectivity index (χ2n) is 7.59. The highest BCUT2D eigenvalue weighted by molar-refractivity contribution is 6.07. The monoisotopic (exact) mass is 479 g/mol. The maximum Gasteiger partial charge on any atom is 0.262 e. The summed E-state index contributed by atoms with van der Waals surface area (Å²) in [6.07, 6.45) is 3.14. The molecule has 1 amide bonds. The minimum absolute atomic E-state index is 0.0905. The number of carbonyl (C=O) groups excluding carboxylic acids is 1. The van der Waals surface area contributed by atoms with Gasteiger partial charge in [-0.25, -0.2) is 13.5 Å². The number of nitrogens with zero attached hydrogens (tertiary/aromatic N) is 4. The van der Waals surface area contributed by atoms with E-state index in [1.807, 2.05) is 12.1 Å². The SMILES string of the molecule is Cc1nn(C)c(F)c1C(=O)Nc1c(F)cc(F)cc1-c1ccc(C=NOCc2ccccn2)cc1. The molecule has 178 valence electrons. The average Bonchev–Trinajstić information content (AvgIpc) is 3.10. The van der Waals surface area contributed by atoms with Crippen LogP contribution < -0.4 is 5.32 Å². The quantitative estimate of drug-likeness (QED) is 0.298. The molecule has 4 rings (SSSR count). The van der Waals surface area contributed by atoms with Crippen LogP contribution in [0.4, 0.5) is 18.9 Å². The fraction of sp³-hybridized carbons (Fsp3) is 0.120. The number of halogens is 3. The van der Waals surface area contributed by atoms with Crippen molar-refractivity contribution in [3.05, 3.63) is 101 Å². The van der Waals surface area contributed by atoms with Crippen LogP contribution in [0.1, 0.15) is 27.3 Å². The van der Waals surface area contributed by atoms with Crippen LogP contribution >= 0.6 is 0 Å². The summed E-state index contributed by atoms with van der Waals surface area (Å²) in [6.45, 7) is 1.67. The first kappa shape index (κ1) is 23.7. The standard InChI is InChI=1S/C25H20F3N5O2/c1-15-22(24(28)33(2)32-15)25(34)31-23-20(11-18(26)12-21(23)27)17-8-6-16(7-9-17)13-30-35-14-19-5-3-4-10-29-19/h3-13H,14H2,1-2H3,(H,31,34). The first-order valence-corrected chi connectivity index (χ1v) is 10.5. The van der Waals surface area contributed by atoms with Crippen LogP contribution in [0.2, 0.25) is 0 Å². The topological polar surface area (TPSA) is 81.4 Å². The normalized spacial score (nSPS) is 11.1. The Morgan fingerprint density at radius 1 is 1.14 bits per heavy atom. The van der Waals surface area contributed by atoms with E-state index < -0.39 is 23.5 Å². The summed E-state index contributed by atoms with van der Waals surface area (Å²) in [6, 6.07) is 13.7. The van der Waals surface area contributed by atoms with Gasteiger partial charge in [0.15, 0.2) is 6.61 Å². The highest BCUT2D eigenvalue weighted by Gasteiger charge is 2.23. The third kappa shape index (κ3) is 5.37. The van der Waals surface area contributed by atoms with Crippen molar-refractivity contribution < 1.29 is 22.8 Å². The molecule has 0 spiro atoms. The van der Waals surface area contributed by atoms with Gasteiger partial charge in [-0.15, -0.1) is 0 Å². The predicted molar refractivity (Wildman–Crippen MR) is 124 cm³/mol. The van der Waals surface area contributed by atoms with Gasteiger partial charge < -0.3 is 10.2 Å². The molecule has 10 heteroatoms. The number of hydrogen-bond donors (Lipinski definition) is 1. The number of anilines is 1. The van der Waals surface area contributed by atoms with E-state index in [1.54, 1.807) is 36.5 Å². The van der Waals surface area contributed by atoms with E-state index in [0.717, 1.165) is 16.4 Å². The first-order valence-electron chi connectivity index (χ1n) is 10.5. The van der Waals surface area contributed by atoms with E-state index in [1.165, 1.54) is 20.2 Å². The van der Waals surface area contributed by atoms with Gasteiger partial charge in [0.2, 0.25) is 5.95 Å². The highest BCUT2D eigenvalue weighted by Crippen LogP contribution is 2.32. The lowest BCUT2D eigenvalue weighted by molar-refractivity contribution is 0.102. The lowest BCUT2D eigenvalue weighted by Crippen LogP contribution is -2.16. The number of aryl methyl sites for hydroxylation is 2. The summed E-state index contributed by atoms with van der Waals surface area (Å²) >= 11 is 0. The summed E-state index contributed by atoms with van der Waals surface area (Å²) < 4.78 is 43.9. The molecule has 2 aromatic heterocycles. The molecule has 4 aromatic rings. The number of amides is 1. The van der Waals surface area contributed by atoms with Crippen molar-refractivity contribution in [3.63, 3.8) is 0 Å². The molecular weight excluding hydrogens is 459 g/mol. The van der Waals surface area contributed by atoms with Crippen LogP contribution in [0.3, 0.4) is 0 Å². The van der Waals surface area contributed by atoms with Crippen LogP contribution in [0.15, 0.2) is 65.9 Å². The van der Waals surface area contributed by atoms with Crippen molar-refractivity contribution in [1.82, 2.24) is 14.8 Å². The molecule has 0 aliphatic rings. The van der Waals surface area contributed by atoms with Crippen molar-refractivity contribution in [3.8, 4) is 11.1 Å². The smallest absolute Gasteiger partial charge is 0.262 e. The zero-order valence-electron chi connectivity index (χ0n) is 18.8. The van der Waals surface area contributed by atoms with Gasteiger partial charge in [0.25, 0.3) is 5.91 Å². The lowest BCUT2D eigenvalue weighted by Gasteiger charge is -2.13. The molecule has 2 aromatic carbocycles. The first-order chi connectivity index (χ1) is 16.8. The molecular formula is C25H20F3N5O2. The number of hydrogen-bond acceptors (Lipinski definition) is 5. The highest BCUT2D eigenvalue weighted by atomic mass is 19.1. The van der Waals surface area contributed by atoms with Gasteiger partial charge in [-0.3, -0.25) is 9.78 Å². The molecule has 0 aliphatic heterocycles. The minimum atomic E-state index is -0.996. The largest absolute Gasteiger partial charge is 0.389 e. The second-order valence-corrected chi connectivity index (χ2v) is 7.59. The molecule has 35 heavy (non-hydrogen) atoms. The van der Waals surface area contributed by atoms with Crippen LogP contribution in [-0.2, 0) is 18.5 Å². The number of nitrogens with one attached hydrogen (secondary N) is 1. The molecule has 0 saturated heterocycles. The number of carbonyl (C=O) groups is 1. The summed E-state index contributed by atoms with van der Waals surface area (Å²) in [4.78, 5) is 22.0. The number of pyridine rings is 1.